The lowest BCUT2D eigenvalue weighted by molar-refractivity contribution is -0.120. The molecule has 0 aliphatic heterocycles. The monoisotopic (exact) mass is 217 g/mol. The Hall–Kier alpha value is -0.180. The van der Waals surface area contributed by atoms with E-state index in [9.17, 15) is 4.79 Å². The van der Waals surface area contributed by atoms with Crippen LogP contribution in [-0.2, 0) is 4.79 Å². The quantitative estimate of drug-likeness (QED) is 0.658. The number of hydrogen-bond donors (Lipinski definition) is 2. The summed E-state index contributed by atoms with van der Waals surface area (Å²) in [6, 6.07) is 0.274. The Bertz CT molecular complexity index is 169. The van der Waals surface area contributed by atoms with Crippen molar-refractivity contribution in [2.24, 2.45) is 5.92 Å². The van der Waals surface area contributed by atoms with Crippen LogP contribution in [0.4, 0.5) is 0 Å². The van der Waals surface area contributed by atoms with Gasteiger partial charge in [0.1, 0.15) is 0 Å². The molecule has 2 atom stereocenters. The molecular formula is C11H23NOS. The maximum atomic E-state index is 11.3. The van der Waals surface area contributed by atoms with Gasteiger partial charge in [-0.15, -0.1) is 0 Å². The molecule has 2 nitrogen and oxygen atoms in total. The zero-order valence-electron chi connectivity index (χ0n) is 9.71. The van der Waals surface area contributed by atoms with Crippen LogP contribution in [0.3, 0.4) is 0 Å². The topological polar surface area (TPSA) is 29.1 Å². The van der Waals surface area contributed by atoms with Gasteiger partial charge in [0.05, 0.1) is 5.25 Å². The summed E-state index contributed by atoms with van der Waals surface area (Å²) in [6.07, 6.45) is 3.47. The lowest BCUT2D eigenvalue weighted by Gasteiger charge is -2.15. The van der Waals surface area contributed by atoms with Gasteiger partial charge in [0.25, 0.3) is 0 Å². The highest BCUT2D eigenvalue weighted by Gasteiger charge is 2.10. The van der Waals surface area contributed by atoms with Crippen molar-refractivity contribution in [1.82, 2.24) is 5.32 Å². The van der Waals surface area contributed by atoms with E-state index < -0.39 is 0 Å². The zero-order chi connectivity index (χ0) is 11.1. The second-order valence-electron chi connectivity index (χ2n) is 4.41. The van der Waals surface area contributed by atoms with Crippen LogP contribution in [0.2, 0.25) is 0 Å². The molecule has 3 heteroatoms. The van der Waals surface area contributed by atoms with E-state index >= 15 is 0 Å². The zero-order valence-corrected chi connectivity index (χ0v) is 10.6. The van der Waals surface area contributed by atoms with E-state index in [-0.39, 0.29) is 17.2 Å². The standard InChI is InChI=1S/C11H23NOS/c1-8(2)6-5-7-9(3)12-11(13)10(4)14/h8-10,14H,5-7H2,1-4H3,(H,12,13). The molecule has 0 aliphatic carbocycles. The molecule has 1 N–H and O–H groups in total. The smallest absolute Gasteiger partial charge is 0.232 e. The Kier molecular flexibility index (Phi) is 7.06. The van der Waals surface area contributed by atoms with Crippen LogP contribution < -0.4 is 5.32 Å². The van der Waals surface area contributed by atoms with Crippen LogP contribution in [-0.4, -0.2) is 17.2 Å². The van der Waals surface area contributed by atoms with E-state index in [1.807, 2.05) is 6.92 Å². The number of rotatable bonds is 6. The van der Waals surface area contributed by atoms with Gasteiger partial charge in [0.2, 0.25) is 5.91 Å². The lowest BCUT2D eigenvalue weighted by Crippen LogP contribution is -2.36. The average molecular weight is 217 g/mol. The normalized spacial score (nSPS) is 15.3. The van der Waals surface area contributed by atoms with Gasteiger partial charge in [-0.05, 0) is 26.2 Å². The summed E-state index contributed by atoms with van der Waals surface area (Å²) < 4.78 is 0. The minimum atomic E-state index is -0.206. The number of amides is 1. The van der Waals surface area contributed by atoms with Crippen molar-refractivity contribution in [3.05, 3.63) is 0 Å². The number of nitrogens with one attached hydrogen (secondary N) is 1. The third kappa shape index (κ3) is 7.25. The SMILES string of the molecule is CC(C)CCCC(C)NC(=O)C(C)S. The minimum Gasteiger partial charge on any atom is -0.353 e. The van der Waals surface area contributed by atoms with Gasteiger partial charge in [0, 0.05) is 6.04 Å². The first-order valence-corrected chi connectivity index (χ1v) is 5.93. The molecule has 14 heavy (non-hydrogen) atoms. The fraction of sp³-hybridized carbons (Fsp3) is 0.909. The maximum absolute atomic E-state index is 11.3. The Morgan fingerprint density at radius 1 is 1.21 bits per heavy atom. The second kappa shape index (κ2) is 7.16. The van der Waals surface area contributed by atoms with Gasteiger partial charge < -0.3 is 5.32 Å². The third-order valence-corrected chi connectivity index (χ3v) is 2.42. The van der Waals surface area contributed by atoms with Gasteiger partial charge in [-0.1, -0.05) is 26.7 Å². The molecule has 0 heterocycles. The number of carbonyl (C=O) groups excluding carboxylic acids is 1. The molecule has 0 saturated heterocycles. The third-order valence-electron chi connectivity index (χ3n) is 2.19. The van der Waals surface area contributed by atoms with Crippen LogP contribution in [0.5, 0.6) is 0 Å². The fourth-order valence-corrected chi connectivity index (χ4v) is 1.34. The minimum absolute atomic E-state index is 0.0328. The van der Waals surface area contributed by atoms with Crippen molar-refractivity contribution < 1.29 is 4.79 Å². The molecule has 0 radical (unpaired) electrons. The lowest BCUT2D eigenvalue weighted by atomic mass is 10.0. The molecule has 1 amide bonds. The molecular weight excluding hydrogens is 194 g/mol. The first kappa shape index (κ1) is 13.8. The Balaban J connectivity index is 3.55. The van der Waals surface area contributed by atoms with Crippen LogP contribution in [0, 0.1) is 5.92 Å². The van der Waals surface area contributed by atoms with E-state index in [4.69, 9.17) is 0 Å². The molecule has 0 aromatic rings. The highest BCUT2D eigenvalue weighted by atomic mass is 32.1. The van der Waals surface area contributed by atoms with E-state index in [1.165, 1.54) is 12.8 Å². The highest BCUT2D eigenvalue weighted by Crippen LogP contribution is 2.08. The summed E-state index contributed by atoms with van der Waals surface area (Å²) in [6.45, 7) is 8.28. The van der Waals surface area contributed by atoms with Crippen LogP contribution in [0.1, 0.15) is 47.0 Å². The molecule has 0 bridgehead atoms. The Morgan fingerprint density at radius 2 is 1.79 bits per heavy atom. The molecule has 0 aromatic carbocycles. The van der Waals surface area contributed by atoms with Crippen LogP contribution >= 0.6 is 12.6 Å². The van der Waals surface area contributed by atoms with E-state index in [1.54, 1.807) is 6.92 Å². The molecule has 0 rings (SSSR count). The van der Waals surface area contributed by atoms with E-state index in [0.29, 0.717) is 0 Å². The van der Waals surface area contributed by atoms with Crippen LogP contribution in [0.25, 0.3) is 0 Å². The number of thiol groups is 1. The van der Waals surface area contributed by atoms with Crippen molar-refractivity contribution >= 4 is 18.5 Å². The summed E-state index contributed by atoms with van der Waals surface area (Å²) >= 11 is 4.08. The van der Waals surface area contributed by atoms with E-state index in [2.05, 4.69) is 31.8 Å². The molecule has 0 aliphatic rings. The van der Waals surface area contributed by atoms with E-state index in [0.717, 1.165) is 12.3 Å². The predicted molar refractivity (Wildman–Crippen MR) is 64.7 cm³/mol. The van der Waals surface area contributed by atoms with Gasteiger partial charge in [-0.25, -0.2) is 0 Å². The second-order valence-corrected chi connectivity index (χ2v) is 5.18. The molecule has 84 valence electrons. The van der Waals surface area contributed by atoms with Crippen LogP contribution in [0.15, 0.2) is 0 Å². The average Bonchev–Trinajstić information content (AvgIpc) is 2.02. The highest BCUT2D eigenvalue weighted by molar-refractivity contribution is 7.81. The fourth-order valence-electron chi connectivity index (χ4n) is 1.27. The van der Waals surface area contributed by atoms with Crippen molar-refractivity contribution in [2.75, 3.05) is 0 Å². The Morgan fingerprint density at radius 3 is 2.21 bits per heavy atom. The van der Waals surface area contributed by atoms with Gasteiger partial charge in [-0.3, -0.25) is 4.79 Å². The molecule has 0 fully saturated rings. The molecule has 0 aromatic heterocycles. The Labute approximate surface area is 93.3 Å². The maximum Gasteiger partial charge on any atom is 0.232 e. The number of hydrogen-bond acceptors (Lipinski definition) is 2. The molecule has 0 saturated carbocycles. The first-order chi connectivity index (χ1) is 6.43. The first-order valence-electron chi connectivity index (χ1n) is 5.42. The summed E-state index contributed by atoms with van der Waals surface area (Å²) in [4.78, 5) is 11.3. The van der Waals surface area contributed by atoms with Gasteiger partial charge >= 0.3 is 0 Å². The summed E-state index contributed by atoms with van der Waals surface area (Å²) in [5.74, 6) is 0.784. The van der Waals surface area contributed by atoms with Crippen molar-refractivity contribution in [1.29, 1.82) is 0 Å². The number of carbonyl (C=O) groups is 1. The molecule has 2 unspecified atom stereocenters. The van der Waals surface area contributed by atoms with Crippen molar-refractivity contribution in [2.45, 2.75) is 58.2 Å². The molecule has 0 spiro atoms. The summed E-state index contributed by atoms with van der Waals surface area (Å²) in [5, 5.41) is 2.73. The van der Waals surface area contributed by atoms with Crippen molar-refractivity contribution in [3.8, 4) is 0 Å². The predicted octanol–water partition coefficient (Wildman–Crippen LogP) is 2.64. The van der Waals surface area contributed by atoms with Gasteiger partial charge in [-0.2, -0.15) is 12.6 Å². The van der Waals surface area contributed by atoms with Gasteiger partial charge in [0.15, 0.2) is 0 Å². The largest absolute Gasteiger partial charge is 0.353 e. The van der Waals surface area contributed by atoms with Crippen molar-refractivity contribution in [3.63, 3.8) is 0 Å². The summed E-state index contributed by atoms with van der Waals surface area (Å²) in [5.41, 5.74) is 0. The summed E-state index contributed by atoms with van der Waals surface area (Å²) in [7, 11) is 0.